The number of furan rings is 3. The van der Waals surface area contributed by atoms with E-state index in [-0.39, 0.29) is 0 Å². The van der Waals surface area contributed by atoms with Gasteiger partial charge in [-0.25, -0.2) is 15.0 Å². The third-order valence-corrected chi connectivity index (χ3v) is 12.4. The molecule has 0 radical (unpaired) electrons. The average molecular weight is 795 g/mol. The molecule has 62 heavy (non-hydrogen) atoms. The molecule has 0 unspecified atom stereocenters. The van der Waals surface area contributed by atoms with Crippen LogP contribution in [0.5, 0.6) is 0 Å². The first-order valence-corrected chi connectivity index (χ1v) is 20.7. The topological polar surface area (TPSA) is 83.0 Å². The lowest BCUT2D eigenvalue weighted by atomic mass is 10.0. The van der Waals surface area contributed by atoms with Crippen LogP contribution in [-0.4, -0.2) is 19.5 Å². The van der Waals surface area contributed by atoms with Crippen molar-refractivity contribution in [2.24, 2.45) is 0 Å². The molecule has 7 nitrogen and oxygen atoms in total. The molecule has 0 aliphatic rings. The molecule has 5 aromatic heterocycles. The number of benzene rings is 9. The molecule has 0 bridgehead atoms. The van der Waals surface area contributed by atoms with Crippen molar-refractivity contribution in [2.45, 2.75) is 0 Å². The zero-order valence-electron chi connectivity index (χ0n) is 32.8. The maximum Gasteiger partial charge on any atom is 0.164 e. The Labute approximate surface area is 351 Å². The van der Waals surface area contributed by atoms with Crippen LogP contribution < -0.4 is 0 Å². The first kappa shape index (κ1) is 33.3. The summed E-state index contributed by atoms with van der Waals surface area (Å²) in [6.07, 6.45) is 0. The van der Waals surface area contributed by atoms with Gasteiger partial charge in [0.05, 0.1) is 16.7 Å². The number of hydrogen-bond acceptors (Lipinski definition) is 6. The van der Waals surface area contributed by atoms with Crippen molar-refractivity contribution < 1.29 is 13.3 Å². The van der Waals surface area contributed by atoms with Crippen LogP contribution in [0.15, 0.2) is 195 Å². The maximum absolute atomic E-state index is 6.72. The summed E-state index contributed by atoms with van der Waals surface area (Å²) < 4.78 is 21.8. The highest BCUT2D eigenvalue weighted by atomic mass is 16.3. The Hall–Kier alpha value is -8.55. The number of aromatic nitrogens is 4. The lowest BCUT2D eigenvalue weighted by Crippen LogP contribution is -2.02. The summed E-state index contributed by atoms with van der Waals surface area (Å²) in [5.41, 5.74) is 10.3. The highest BCUT2D eigenvalue weighted by molar-refractivity contribution is 6.16. The molecule has 0 fully saturated rings. The summed E-state index contributed by atoms with van der Waals surface area (Å²) in [5, 5.41) is 10.8. The average Bonchev–Trinajstić information content (AvgIpc) is 4.08. The molecule has 0 saturated heterocycles. The molecule has 0 aliphatic heterocycles. The fourth-order valence-electron chi connectivity index (χ4n) is 9.56. The molecular formula is C55H30N4O3. The van der Waals surface area contributed by atoms with E-state index >= 15 is 0 Å². The molecule has 7 heteroatoms. The Morgan fingerprint density at radius 1 is 0.323 bits per heavy atom. The minimum absolute atomic E-state index is 0.518. The van der Waals surface area contributed by atoms with Gasteiger partial charge < -0.3 is 17.8 Å². The van der Waals surface area contributed by atoms with E-state index in [9.17, 15) is 0 Å². The van der Waals surface area contributed by atoms with Crippen LogP contribution in [0.3, 0.4) is 0 Å². The van der Waals surface area contributed by atoms with Gasteiger partial charge >= 0.3 is 0 Å². The molecule has 0 atom stereocenters. The second kappa shape index (κ2) is 12.5. The third kappa shape index (κ3) is 4.84. The predicted molar refractivity (Wildman–Crippen MR) is 250 cm³/mol. The van der Waals surface area contributed by atoms with Crippen molar-refractivity contribution in [3.05, 3.63) is 182 Å². The standard InChI is InChI=1S/C55H30N4O3/c1-2-12-32-26-45-42(25-31(32)11-1)36-13-3-7-17-44(36)59(45)35-29-43(52-41-16-6-10-20-48(41)62-51(52)30-35)55-57-53(33-21-23-39-37-14-4-8-18-46(37)60-49(39)27-33)56-54(58-55)34-22-24-40-38-15-5-9-19-47(38)61-50(40)28-34/h1-30H. The van der Waals surface area contributed by atoms with Crippen molar-refractivity contribution in [3.63, 3.8) is 0 Å². The van der Waals surface area contributed by atoms with Crippen LogP contribution in [-0.2, 0) is 0 Å². The Morgan fingerprint density at radius 3 is 1.48 bits per heavy atom. The Kier molecular flexibility index (Phi) is 6.71. The zero-order chi connectivity index (χ0) is 40.5. The molecule has 0 spiro atoms. The zero-order valence-corrected chi connectivity index (χ0v) is 32.8. The van der Waals surface area contributed by atoms with Crippen LogP contribution in [0.1, 0.15) is 0 Å². The number of fused-ring (bicyclic) bond motifs is 13. The lowest BCUT2D eigenvalue weighted by molar-refractivity contribution is 0.668. The van der Waals surface area contributed by atoms with Gasteiger partial charge in [0, 0.05) is 65.8 Å². The fraction of sp³-hybridized carbons (Fsp3) is 0. The van der Waals surface area contributed by atoms with Crippen LogP contribution in [0.4, 0.5) is 0 Å². The van der Waals surface area contributed by atoms with Gasteiger partial charge in [-0.15, -0.1) is 0 Å². The molecule has 5 heterocycles. The molecule has 14 aromatic rings. The van der Waals surface area contributed by atoms with E-state index < -0.39 is 0 Å². The molecule has 14 rings (SSSR count). The van der Waals surface area contributed by atoms with Crippen molar-refractivity contribution in [3.8, 4) is 39.9 Å². The van der Waals surface area contributed by atoms with Gasteiger partial charge in [0.1, 0.15) is 33.5 Å². The summed E-state index contributed by atoms with van der Waals surface area (Å²) >= 11 is 0. The third-order valence-electron chi connectivity index (χ3n) is 12.4. The van der Waals surface area contributed by atoms with Crippen LogP contribution in [0, 0.1) is 0 Å². The van der Waals surface area contributed by atoms with Gasteiger partial charge in [-0.1, -0.05) is 109 Å². The molecule has 0 N–H and O–H groups in total. The summed E-state index contributed by atoms with van der Waals surface area (Å²) in [6, 6.07) is 62.8. The quantitative estimate of drug-likeness (QED) is 0.176. The predicted octanol–water partition coefficient (Wildman–Crippen LogP) is 14.8. The van der Waals surface area contributed by atoms with E-state index in [0.29, 0.717) is 17.5 Å². The molecule has 9 aromatic carbocycles. The Bertz CT molecular complexity index is 4060. The van der Waals surface area contributed by atoms with Crippen LogP contribution >= 0.6 is 0 Å². The summed E-state index contributed by atoms with van der Waals surface area (Å²) in [7, 11) is 0. The highest BCUT2D eigenvalue weighted by Crippen LogP contribution is 2.42. The van der Waals surface area contributed by atoms with Crippen molar-refractivity contribution >= 4 is 98.4 Å². The fourth-order valence-corrected chi connectivity index (χ4v) is 9.56. The van der Waals surface area contributed by atoms with Crippen molar-refractivity contribution in [1.82, 2.24) is 19.5 Å². The maximum atomic E-state index is 6.72. The molecular weight excluding hydrogens is 765 g/mol. The largest absolute Gasteiger partial charge is 0.456 e. The van der Waals surface area contributed by atoms with E-state index in [1.165, 1.54) is 21.5 Å². The molecule has 0 aliphatic carbocycles. The van der Waals surface area contributed by atoms with Gasteiger partial charge in [0.25, 0.3) is 0 Å². The van der Waals surface area contributed by atoms with Gasteiger partial charge in [-0.2, -0.15) is 0 Å². The first-order valence-electron chi connectivity index (χ1n) is 20.7. The van der Waals surface area contributed by atoms with E-state index in [1.807, 2.05) is 66.7 Å². The molecule has 0 saturated carbocycles. The second-order valence-corrected chi connectivity index (χ2v) is 16.0. The van der Waals surface area contributed by atoms with Gasteiger partial charge in [-0.3, -0.25) is 0 Å². The lowest BCUT2D eigenvalue weighted by Gasteiger charge is -2.13. The minimum atomic E-state index is 0.518. The van der Waals surface area contributed by atoms with E-state index in [4.69, 9.17) is 28.2 Å². The van der Waals surface area contributed by atoms with Gasteiger partial charge in [0.2, 0.25) is 0 Å². The molecule has 288 valence electrons. The first-order chi connectivity index (χ1) is 30.7. The van der Waals surface area contributed by atoms with E-state index in [0.717, 1.165) is 99.2 Å². The Balaban J connectivity index is 1.06. The smallest absolute Gasteiger partial charge is 0.164 e. The molecule has 0 amide bonds. The minimum Gasteiger partial charge on any atom is -0.456 e. The van der Waals surface area contributed by atoms with Crippen molar-refractivity contribution in [1.29, 1.82) is 0 Å². The van der Waals surface area contributed by atoms with Crippen molar-refractivity contribution in [2.75, 3.05) is 0 Å². The second-order valence-electron chi connectivity index (χ2n) is 16.0. The van der Waals surface area contributed by atoms with Gasteiger partial charge in [-0.05, 0) is 77.5 Å². The van der Waals surface area contributed by atoms with E-state index in [1.54, 1.807) is 0 Å². The van der Waals surface area contributed by atoms with Crippen LogP contribution in [0.25, 0.3) is 138 Å². The monoisotopic (exact) mass is 794 g/mol. The SMILES string of the molecule is c1ccc2cc3c(cc2c1)c1ccccc1n3-c1cc(-c2nc(-c3ccc4c(c3)oc3ccccc34)nc(-c3ccc4c(c3)oc3ccccc34)n2)c2c(c1)oc1ccccc12. The number of rotatable bonds is 4. The normalized spacial score (nSPS) is 12.2. The summed E-state index contributed by atoms with van der Waals surface area (Å²) in [5.74, 6) is 1.56. The highest BCUT2D eigenvalue weighted by Gasteiger charge is 2.23. The number of hydrogen-bond donors (Lipinski definition) is 0. The Morgan fingerprint density at radius 2 is 0.823 bits per heavy atom. The summed E-state index contributed by atoms with van der Waals surface area (Å²) in [4.78, 5) is 15.9. The number of para-hydroxylation sites is 4. The number of nitrogens with zero attached hydrogens (tertiary/aromatic N) is 4. The van der Waals surface area contributed by atoms with E-state index in [2.05, 4.69) is 120 Å². The van der Waals surface area contributed by atoms with Crippen LogP contribution in [0.2, 0.25) is 0 Å². The summed E-state index contributed by atoms with van der Waals surface area (Å²) in [6.45, 7) is 0. The van der Waals surface area contributed by atoms with Gasteiger partial charge in [0.15, 0.2) is 17.5 Å².